The Morgan fingerprint density at radius 3 is 2.70 bits per heavy atom. The van der Waals surface area contributed by atoms with Crippen LogP contribution < -0.4 is 10.6 Å². The maximum Gasteiger partial charge on any atom is 0.315 e. The van der Waals surface area contributed by atoms with Crippen LogP contribution in [0.4, 0.5) is 9.18 Å². The molecule has 0 heterocycles. The van der Waals surface area contributed by atoms with Crippen LogP contribution in [-0.4, -0.2) is 23.1 Å². The molecule has 20 heavy (non-hydrogen) atoms. The molecule has 0 saturated heterocycles. The second kappa shape index (κ2) is 6.18. The summed E-state index contributed by atoms with van der Waals surface area (Å²) in [7, 11) is 0. The van der Waals surface area contributed by atoms with Crippen molar-refractivity contribution in [3.63, 3.8) is 0 Å². The summed E-state index contributed by atoms with van der Waals surface area (Å²) in [4.78, 5) is 22.4. The van der Waals surface area contributed by atoms with Gasteiger partial charge in [0.25, 0.3) is 0 Å². The van der Waals surface area contributed by atoms with Crippen LogP contribution in [-0.2, 0) is 11.3 Å². The molecule has 3 N–H and O–H groups in total. The highest BCUT2D eigenvalue weighted by Crippen LogP contribution is 2.17. The van der Waals surface area contributed by atoms with E-state index in [-0.39, 0.29) is 18.4 Å². The summed E-state index contributed by atoms with van der Waals surface area (Å²) in [6.45, 7) is 0.0807. The second-order valence-electron chi connectivity index (χ2n) is 4.59. The fourth-order valence-electron chi connectivity index (χ4n) is 2.03. The van der Waals surface area contributed by atoms with Crippen LogP contribution >= 0.6 is 0 Å². The first-order valence-corrected chi connectivity index (χ1v) is 6.25. The van der Waals surface area contributed by atoms with Gasteiger partial charge in [0.15, 0.2) is 0 Å². The van der Waals surface area contributed by atoms with E-state index in [9.17, 15) is 14.0 Å². The van der Waals surface area contributed by atoms with Gasteiger partial charge in [-0.25, -0.2) is 9.18 Å². The van der Waals surface area contributed by atoms with Gasteiger partial charge in [-0.05, 0) is 12.5 Å². The van der Waals surface area contributed by atoms with E-state index in [1.807, 2.05) is 0 Å². The molecular weight excluding hydrogens is 263 g/mol. The minimum Gasteiger partial charge on any atom is -0.481 e. The number of benzene rings is 1. The Kier molecular flexibility index (Phi) is 4.34. The smallest absolute Gasteiger partial charge is 0.315 e. The zero-order chi connectivity index (χ0) is 14.5. The molecule has 2 amide bonds. The van der Waals surface area contributed by atoms with Crippen molar-refractivity contribution in [1.29, 1.82) is 0 Å². The lowest BCUT2D eigenvalue weighted by Crippen LogP contribution is -2.40. The zero-order valence-corrected chi connectivity index (χ0v) is 10.7. The topological polar surface area (TPSA) is 78.4 Å². The summed E-state index contributed by atoms with van der Waals surface area (Å²) in [6.07, 6.45) is 3.55. The third kappa shape index (κ3) is 3.57. The molecule has 0 bridgehead atoms. The van der Waals surface area contributed by atoms with Crippen molar-refractivity contribution in [2.45, 2.75) is 19.0 Å². The molecule has 6 heteroatoms. The first-order valence-electron chi connectivity index (χ1n) is 6.25. The number of carboxylic acids is 1. The minimum atomic E-state index is -0.905. The predicted octanol–water partition coefficient (Wildman–Crippen LogP) is 1.65. The number of amides is 2. The zero-order valence-electron chi connectivity index (χ0n) is 10.7. The normalized spacial score (nSPS) is 20.6. The summed E-state index contributed by atoms with van der Waals surface area (Å²) in [5.74, 6) is -1.84. The van der Waals surface area contributed by atoms with Crippen molar-refractivity contribution in [2.24, 2.45) is 5.92 Å². The summed E-state index contributed by atoms with van der Waals surface area (Å²) in [6, 6.07) is 5.42. The number of carbonyl (C=O) groups is 2. The van der Waals surface area contributed by atoms with Crippen LogP contribution in [0.3, 0.4) is 0 Å². The molecule has 2 rings (SSSR count). The molecule has 0 spiro atoms. The van der Waals surface area contributed by atoms with Crippen molar-refractivity contribution in [2.75, 3.05) is 0 Å². The Morgan fingerprint density at radius 1 is 1.30 bits per heavy atom. The van der Waals surface area contributed by atoms with Crippen LogP contribution in [0.25, 0.3) is 0 Å². The van der Waals surface area contributed by atoms with Gasteiger partial charge in [0.2, 0.25) is 0 Å². The lowest BCUT2D eigenvalue weighted by molar-refractivity contribution is -0.140. The van der Waals surface area contributed by atoms with E-state index < -0.39 is 17.9 Å². The highest BCUT2D eigenvalue weighted by molar-refractivity contribution is 5.76. The van der Waals surface area contributed by atoms with E-state index in [2.05, 4.69) is 10.6 Å². The standard InChI is InChI=1S/C14H15FN2O3/c15-12-4-2-1-3-10(12)8-16-14(20)17-11-6-5-9(7-11)13(18)19/h1-6,9,11H,7-8H2,(H,18,19)(H2,16,17,20). The minimum absolute atomic E-state index is 0.0807. The van der Waals surface area contributed by atoms with Gasteiger partial charge in [0, 0.05) is 12.1 Å². The van der Waals surface area contributed by atoms with Crippen molar-refractivity contribution in [3.8, 4) is 0 Å². The summed E-state index contributed by atoms with van der Waals surface area (Å²) >= 11 is 0. The van der Waals surface area contributed by atoms with Gasteiger partial charge in [-0.1, -0.05) is 30.4 Å². The van der Waals surface area contributed by atoms with Gasteiger partial charge >= 0.3 is 12.0 Å². The van der Waals surface area contributed by atoms with Gasteiger partial charge < -0.3 is 15.7 Å². The Morgan fingerprint density at radius 2 is 2.05 bits per heavy atom. The number of hydrogen-bond donors (Lipinski definition) is 3. The fourth-order valence-corrected chi connectivity index (χ4v) is 2.03. The molecule has 1 aromatic carbocycles. The second-order valence-corrected chi connectivity index (χ2v) is 4.59. The van der Waals surface area contributed by atoms with Gasteiger partial charge in [0.1, 0.15) is 5.82 Å². The molecule has 1 aliphatic carbocycles. The van der Waals surface area contributed by atoms with E-state index >= 15 is 0 Å². The lowest BCUT2D eigenvalue weighted by Gasteiger charge is -2.13. The van der Waals surface area contributed by atoms with Crippen molar-refractivity contribution >= 4 is 12.0 Å². The Balaban J connectivity index is 1.78. The van der Waals surface area contributed by atoms with Gasteiger partial charge in [-0.3, -0.25) is 4.79 Å². The molecule has 0 saturated carbocycles. The Bertz CT molecular complexity index is 545. The molecule has 5 nitrogen and oxygen atoms in total. The number of nitrogens with one attached hydrogen (secondary N) is 2. The van der Waals surface area contributed by atoms with Crippen LogP contribution in [0.2, 0.25) is 0 Å². The van der Waals surface area contributed by atoms with Crippen molar-refractivity contribution in [1.82, 2.24) is 10.6 Å². The number of hydrogen-bond acceptors (Lipinski definition) is 2. The Labute approximate surface area is 115 Å². The largest absolute Gasteiger partial charge is 0.481 e. The highest BCUT2D eigenvalue weighted by Gasteiger charge is 2.25. The van der Waals surface area contributed by atoms with E-state index in [1.165, 1.54) is 6.07 Å². The first kappa shape index (κ1) is 14.0. The van der Waals surface area contributed by atoms with Gasteiger partial charge in [-0.2, -0.15) is 0 Å². The van der Waals surface area contributed by atoms with Crippen LogP contribution in [0.15, 0.2) is 36.4 Å². The number of carboxylic acid groups (broad SMARTS) is 1. The van der Waals surface area contributed by atoms with Crippen molar-refractivity contribution < 1.29 is 19.1 Å². The Hall–Kier alpha value is -2.37. The molecule has 0 aromatic heterocycles. The monoisotopic (exact) mass is 278 g/mol. The maximum absolute atomic E-state index is 13.3. The third-order valence-corrected chi connectivity index (χ3v) is 3.11. The van der Waals surface area contributed by atoms with Crippen LogP contribution in [0, 0.1) is 11.7 Å². The number of carbonyl (C=O) groups excluding carboxylic acids is 1. The molecular formula is C14H15FN2O3. The summed E-state index contributed by atoms with van der Waals surface area (Å²) < 4.78 is 13.3. The SMILES string of the molecule is O=C(NCc1ccccc1F)NC1C=CC(C(=O)O)C1. The van der Waals surface area contributed by atoms with Crippen LogP contribution in [0.1, 0.15) is 12.0 Å². The number of aliphatic carboxylic acids is 1. The van der Waals surface area contributed by atoms with E-state index in [4.69, 9.17) is 5.11 Å². The van der Waals surface area contributed by atoms with Crippen LogP contribution in [0.5, 0.6) is 0 Å². The van der Waals surface area contributed by atoms with Gasteiger partial charge in [-0.15, -0.1) is 0 Å². The fraction of sp³-hybridized carbons (Fsp3) is 0.286. The molecule has 1 aliphatic rings. The lowest BCUT2D eigenvalue weighted by atomic mass is 10.1. The third-order valence-electron chi connectivity index (χ3n) is 3.11. The summed E-state index contributed by atoms with van der Waals surface area (Å²) in [5.41, 5.74) is 0.396. The molecule has 0 fully saturated rings. The van der Waals surface area contributed by atoms with E-state index in [1.54, 1.807) is 30.4 Å². The molecule has 2 atom stereocenters. The summed E-state index contributed by atoms with van der Waals surface area (Å²) in [5, 5.41) is 14.0. The molecule has 0 radical (unpaired) electrons. The average molecular weight is 278 g/mol. The van der Waals surface area contributed by atoms with Gasteiger partial charge in [0.05, 0.1) is 12.0 Å². The molecule has 1 aromatic rings. The molecule has 0 aliphatic heterocycles. The number of rotatable bonds is 4. The first-order chi connectivity index (χ1) is 9.56. The number of urea groups is 1. The highest BCUT2D eigenvalue weighted by atomic mass is 19.1. The van der Waals surface area contributed by atoms with E-state index in [0.717, 1.165) is 0 Å². The van der Waals surface area contributed by atoms with E-state index in [0.29, 0.717) is 12.0 Å². The maximum atomic E-state index is 13.3. The molecule has 2 unspecified atom stereocenters. The molecule has 106 valence electrons. The predicted molar refractivity (Wildman–Crippen MR) is 70.4 cm³/mol. The average Bonchev–Trinajstić information content (AvgIpc) is 2.86. The quantitative estimate of drug-likeness (QED) is 0.733. The number of halogens is 1. The van der Waals surface area contributed by atoms with Crippen molar-refractivity contribution in [3.05, 3.63) is 47.8 Å².